The van der Waals surface area contributed by atoms with E-state index in [1.54, 1.807) is 0 Å². The molecule has 26 heavy (non-hydrogen) atoms. The van der Waals surface area contributed by atoms with E-state index >= 15 is 0 Å². The Bertz CT molecular complexity index is 437. The Kier molecular flexibility index (Phi) is 21.1. The zero-order valence-electron chi connectivity index (χ0n) is 16.4. The topological polar surface area (TPSA) is 132 Å². The Balaban J connectivity index is -0.00000176. The Hall–Kier alpha value is 0.490. The summed E-state index contributed by atoms with van der Waals surface area (Å²) in [5.74, 6) is -1.52. The molecular formula is C16H28N2Na2O6. The van der Waals surface area contributed by atoms with Gasteiger partial charge in [-0.3, -0.25) is 4.48 Å². The number of unbranched alkanes of at least 4 members (excludes halogenated alkanes) is 4. The maximum absolute atomic E-state index is 11.1. The average molecular weight is 390 g/mol. The maximum atomic E-state index is 11.1. The molecule has 1 aliphatic rings. The summed E-state index contributed by atoms with van der Waals surface area (Å²) < 4.78 is 5.25. The molecular weight excluding hydrogens is 362 g/mol. The van der Waals surface area contributed by atoms with E-state index in [9.17, 15) is 19.8 Å². The second-order valence-corrected chi connectivity index (χ2v) is 6.01. The van der Waals surface area contributed by atoms with E-state index in [4.69, 9.17) is 4.74 Å². The van der Waals surface area contributed by atoms with E-state index in [2.05, 4.69) is 11.9 Å². The van der Waals surface area contributed by atoms with Gasteiger partial charge in [0.25, 0.3) is 0 Å². The first-order valence-corrected chi connectivity index (χ1v) is 8.37. The van der Waals surface area contributed by atoms with Crippen LogP contribution in [-0.4, -0.2) is 67.1 Å². The predicted octanol–water partition coefficient (Wildman–Crippen LogP) is -7.08. The average Bonchev–Trinajstić information content (AvgIpc) is 2.85. The Morgan fingerprint density at radius 1 is 1.12 bits per heavy atom. The Morgan fingerprint density at radius 2 is 1.77 bits per heavy atom. The van der Waals surface area contributed by atoms with Crippen LogP contribution in [0.3, 0.4) is 0 Å². The normalized spacial score (nSPS) is 18.1. The van der Waals surface area contributed by atoms with Crippen LogP contribution in [0.1, 0.15) is 45.4 Å². The number of carbonyl (C=O) groups is 2. The molecule has 1 atom stereocenters. The summed E-state index contributed by atoms with van der Waals surface area (Å²) in [5, 5.41) is 21.5. The standard InChI is InChI=1S/C16H28N2O5.2Na.H2O/c1-2-3-4-5-6-7-14-17-8-9-18(14,12-15(19)20)10-11-23-13-16(21)22;;;/h2-13H2,1H3,(H-,19,20,21,22);;;1H2/q;2*+1;/p-2. The van der Waals surface area contributed by atoms with Gasteiger partial charge in [-0.15, -0.1) is 0 Å². The molecule has 0 amide bonds. The zero-order valence-corrected chi connectivity index (χ0v) is 20.4. The summed E-state index contributed by atoms with van der Waals surface area (Å²) >= 11 is 0. The molecule has 8 nitrogen and oxygen atoms in total. The Morgan fingerprint density at radius 3 is 2.35 bits per heavy atom. The van der Waals surface area contributed by atoms with Crippen LogP contribution in [-0.2, 0) is 14.3 Å². The number of rotatable bonds is 13. The summed E-state index contributed by atoms with van der Waals surface area (Å²) in [7, 11) is 0. The fraction of sp³-hybridized carbons (Fsp3) is 0.812. The second-order valence-electron chi connectivity index (χ2n) is 6.01. The number of carboxylic acids is 2. The van der Waals surface area contributed by atoms with Crippen molar-refractivity contribution >= 4 is 17.8 Å². The minimum atomic E-state index is -1.28. The third-order valence-electron chi connectivity index (χ3n) is 4.19. The SMILES string of the molecule is CCCCCCCC1=NCC[N+]1(CCOCC(=O)[O-])CC(=O)[O-].[Na+].[Na+].[OH-]. The van der Waals surface area contributed by atoms with Crippen LogP contribution in [0.4, 0.5) is 0 Å². The van der Waals surface area contributed by atoms with Gasteiger partial charge in [0.15, 0.2) is 5.84 Å². The number of nitrogens with zero attached hydrogens (tertiary/aromatic N) is 2. The van der Waals surface area contributed by atoms with Crippen LogP contribution in [0.15, 0.2) is 4.99 Å². The van der Waals surface area contributed by atoms with Gasteiger partial charge in [-0.25, -0.2) is 4.99 Å². The molecule has 0 radical (unpaired) electrons. The van der Waals surface area contributed by atoms with Crippen molar-refractivity contribution in [2.24, 2.45) is 4.99 Å². The third-order valence-corrected chi connectivity index (χ3v) is 4.19. The Labute approximate surface area is 199 Å². The van der Waals surface area contributed by atoms with E-state index in [-0.39, 0.29) is 82.2 Å². The van der Waals surface area contributed by atoms with E-state index in [0.717, 1.165) is 25.1 Å². The van der Waals surface area contributed by atoms with Crippen LogP contribution in [0.2, 0.25) is 0 Å². The molecule has 0 saturated heterocycles. The van der Waals surface area contributed by atoms with Crippen molar-refractivity contribution in [3.8, 4) is 0 Å². The number of aliphatic imine (C=N–C) groups is 1. The predicted molar refractivity (Wildman–Crippen MR) is 83.3 cm³/mol. The summed E-state index contributed by atoms with van der Waals surface area (Å²) in [5.41, 5.74) is 0. The van der Waals surface area contributed by atoms with Gasteiger partial charge in [0.1, 0.15) is 19.6 Å². The number of ether oxygens (including phenoxy) is 1. The van der Waals surface area contributed by atoms with E-state index in [0.29, 0.717) is 19.6 Å². The molecule has 0 saturated carbocycles. The van der Waals surface area contributed by atoms with Gasteiger partial charge in [0.2, 0.25) is 0 Å². The van der Waals surface area contributed by atoms with Crippen molar-refractivity contribution in [2.45, 2.75) is 45.4 Å². The van der Waals surface area contributed by atoms with Crippen molar-refractivity contribution in [1.82, 2.24) is 0 Å². The first-order valence-electron chi connectivity index (χ1n) is 8.37. The van der Waals surface area contributed by atoms with E-state index < -0.39 is 18.5 Å². The summed E-state index contributed by atoms with van der Waals surface area (Å²) in [4.78, 5) is 26.0. The molecule has 0 spiro atoms. The minimum Gasteiger partial charge on any atom is -0.870 e. The van der Waals surface area contributed by atoms with Gasteiger partial charge >= 0.3 is 59.1 Å². The minimum absolute atomic E-state index is 0. The van der Waals surface area contributed by atoms with Crippen LogP contribution in [0.25, 0.3) is 0 Å². The number of carboxylic acid groups (broad SMARTS) is 2. The number of carbonyl (C=O) groups excluding carboxylic acids is 2. The van der Waals surface area contributed by atoms with Gasteiger partial charge < -0.3 is 30.0 Å². The van der Waals surface area contributed by atoms with Gasteiger partial charge in [-0.05, 0) is 6.42 Å². The molecule has 0 bridgehead atoms. The van der Waals surface area contributed by atoms with Crippen molar-refractivity contribution in [2.75, 3.05) is 39.4 Å². The van der Waals surface area contributed by atoms with Gasteiger partial charge in [0, 0.05) is 6.42 Å². The van der Waals surface area contributed by atoms with Crippen molar-refractivity contribution in [3.05, 3.63) is 0 Å². The van der Waals surface area contributed by atoms with Crippen molar-refractivity contribution < 1.29 is 93.6 Å². The van der Waals surface area contributed by atoms with Crippen LogP contribution >= 0.6 is 0 Å². The van der Waals surface area contributed by atoms with Crippen molar-refractivity contribution in [3.63, 3.8) is 0 Å². The van der Waals surface area contributed by atoms with E-state index in [1.165, 1.54) is 19.3 Å². The fourth-order valence-corrected chi connectivity index (χ4v) is 2.98. The molecule has 1 heterocycles. The molecule has 0 aromatic carbocycles. The largest absolute Gasteiger partial charge is 1.00 e. The number of hydrogen-bond acceptors (Lipinski definition) is 7. The van der Waals surface area contributed by atoms with E-state index in [1.807, 2.05) is 0 Å². The summed E-state index contributed by atoms with van der Waals surface area (Å²) in [6, 6.07) is 0. The molecule has 1 aliphatic heterocycles. The molecule has 1 unspecified atom stereocenters. The molecule has 0 fully saturated rings. The summed E-state index contributed by atoms with van der Waals surface area (Å²) in [6.45, 7) is 3.31. The number of hydrogen-bond donors (Lipinski definition) is 0. The molecule has 10 heteroatoms. The quantitative estimate of drug-likeness (QED) is 0.174. The second kappa shape index (κ2) is 17.6. The van der Waals surface area contributed by atoms with Crippen LogP contribution in [0.5, 0.6) is 0 Å². The number of amidine groups is 1. The number of aliphatic carboxylic acids is 2. The van der Waals surface area contributed by atoms with Gasteiger partial charge in [-0.2, -0.15) is 0 Å². The smallest absolute Gasteiger partial charge is 0.870 e. The molecule has 0 aromatic heterocycles. The zero-order chi connectivity index (χ0) is 17.1. The van der Waals surface area contributed by atoms with Crippen molar-refractivity contribution in [1.29, 1.82) is 0 Å². The van der Waals surface area contributed by atoms with Crippen LogP contribution in [0, 0.1) is 0 Å². The first-order chi connectivity index (χ1) is 11.0. The summed E-state index contributed by atoms with van der Waals surface area (Å²) in [6.07, 6.45) is 6.45. The molecule has 1 rings (SSSR count). The van der Waals surface area contributed by atoms with Gasteiger partial charge in [-0.1, -0.05) is 32.6 Å². The number of quaternary nitrogens is 1. The fourth-order valence-electron chi connectivity index (χ4n) is 2.98. The molecule has 0 aromatic rings. The third kappa shape index (κ3) is 12.0. The van der Waals surface area contributed by atoms with Gasteiger partial charge in [0.05, 0.1) is 31.7 Å². The molecule has 0 aliphatic carbocycles. The first kappa shape index (κ1) is 31.2. The van der Waals surface area contributed by atoms with Crippen LogP contribution < -0.4 is 69.3 Å². The maximum Gasteiger partial charge on any atom is 1.00 e. The molecule has 1 N–H and O–H groups in total. The molecule has 140 valence electrons. The monoisotopic (exact) mass is 390 g/mol.